The summed E-state index contributed by atoms with van der Waals surface area (Å²) >= 11 is 0. The second-order valence-corrected chi connectivity index (χ2v) is 3.13. The molecule has 1 heterocycles. The highest BCUT2D eigenvalue weighted by Gasteiger charge is 2.01. The number of hydrogen-bond acceptors (Lipinski definition) is 2. The van der Waals surface area contributed by atoms with E-state index < -0.39 is 0 Å². The Morgan fingerprint density at radius 1 is 1.69 bits per heavy atom. The van der Waals surface area contributed by atoms with Gasteiger partial charge in [0.2, 0.25) is 0 Å². The van der Waals surface area contributed by atoms with E-state index in [1.165, 1.54) is 0 Å². The maximum absolute atomic E-state index is 5.84. The molecule has 2 N–H and O–H groups in total. The molecule has 0 radical (unpaired) electrons. The molecule has 0 aliphatic rings. The van der Waals surface area contributed by atoms with Gasteiger partial charge in [-0.25, -0.2) is 0 Å². The molecule has 0 aliphatic carbocycles. The van der Waals surface area contributed by atoms with Crippen molar-refractivity contribution in [3.63, 3.8) is 0 Å². The van der Waals surface area contributed by atoms with Gasteiger partial charge in [0.15, 0.2) is 0 Å². The zero-order valence-corrected chi connectivity index (χ0v) is 8.12. The Bertz CT molecular complexity index is 316. The second-order valence-electron chi connectivity index (χ2n) is 3.13. The van der Waals surface area contributed by atoms with Crippen molar-refractivity contribution in [2.24, 2.45) is 5.73 Å². The lowest BCUT2D eigenvalue weighted by Crippen LogP contribution is -2.25. The van der Waals surface area contributed by atoms with Crippen LogP contribution in [0.5, 0.6) is 0 Å². The molecule has 3 nitrogen and oxygen atoms in total. The van der Waals surface area contributed by atoms with Gasteiger partial charge in [0, 0.05) is 18.7 Å². The van der Waals surface area contributed by atoms with Gasteiger partial charge in [-0.05, 0) is 19.4 Å². The average molecular weight is 177 g/mol. The molecule has 1 atom stereocenters. The van der Waals surface area contributed by atoms with Crippen molar-refractivity contribution in [1.82, 2.24) is 9.78 Å². The molecule has 13 heavy (non-hydrogen) atoms. The monoisotopic (exact) mass is 177 g/mol. The van der Waals surface area contributed by atoms with E-state index in [9.17, 15) is 0 Å². The summed E-state index contributed by atoms with van der Waals surface area (Å²) in [5, 5.41) is 4.15. The van der Waals surface area contributed by atoms with E-state index in [4.69, 9.17) is 5.73 Å². The molecule has 0 amide bonds. The largest absolute Gasteiger partial charge is 0.325 e. The zero-order valence-electron chi connectivity index (χ0n) is 8.12. The lowest BCUT2D eigenvalue weighted by atomic mass is 10.2. The van der Waals surface area contributed by atoms with Crippen LogP contribution in [0.15, 0.2) is 12.4 Å². The van der Waals surface area contributed by atoms with Crippen LogP contribution in [0.2, 0.25) is 0 Å². The summed E-state index contributed by atoms with van der Waals surface area (Å²) < 4.78 is 1.86. The van der Waals surface area contributed by atoms with Crippen molar-refractivity contribution in [3.8, 4) is 11.8 Å². The molecule has 1 aromatic rings. The minimum Gasteiger partial charge on any atom is -0.325 e. The van der Waals surface area contributed by atoms with Crippen LogP contribution in [0.1, 0.15) is 18.9 Å². The van der Waals surface area contributed by atoms with Crippen LogP contribution in [-0.2, 0) is 6.54 Å². The minimum absolute atomic E-state index is 0.0757. The average Bonchev–Trinajstić information content (AvgIpc) is 2.48. The third kappa shape index (κ3) is 3.30. The van der Waals surface area contributed by atoms with Crippen molar-refractivity contribution in [2.45, 2.75) is 32.9 Å². The van der Waals surface area contributed by atoms with Crippen molar-refractivity contribution in [1.29, 1.82) is 0 Å². The van der Waals surface area contributed by atoms with Gasteiger partial charge in [-0.1, -0.05) is 0 Å². The molecule has 3 heteroatoms. The third-order valence-electron chi connectivity index (χ3n) is 1.72. The molecule has 0 aromatic carbocycles. The topological polar surface area (TPSA) is 43.8 Å². The van der Waals surface area contributed by atoms with E-state index in [-0.39, 0.29) is 6.04 Å². The Hall–Kier alpha value is -1.27. The van der Waals surface area contributed by atoms with Crippen LogP contribution in [0.3, 0.4) is 0 Å². The Kier molecular flexibility index (Phi) is 3.53. The smallest absolute Gasteiger partial charge is 0.0569 e. The molecule has 0 aliphatic heterocycles. The maximum atomic E-state index is 5.84. The van der Waals surface area contributed by atoms with Crippen LogP contribution in [-0.4, -0.2) is 15.8 Å². The summed E-state index contributed by atoms with van der Waals surface area (Å²) in [5.41, 5.74) is 7.00. The van der Waals surface area contributed by atoms with Crippen LogP contribution >= 0.6 is 0 Å². The predicted molar refractivity (Wildman–Crippen MR) is 53.0 cm³/mol. The molecule has 0 fully saturated rings. The first-order chi connectivity index (χ1) is 6.22. The number of hydrogen-bond donors (Lipinski definition) is 1. The van der Waals surface area contributed by atoms with Crippen molar-refractivity contribution >= 4 is 0 Å². The van der Waals surface area contributed by atoms with Gasteiger partial charge < -0.3 is 5.73 Å². The van der Waals surface area contributed by atoms with Gasteiger partial charge in [-0.15, -0.1) is 11.8 Å². The number of rotatable bonds is 3. The molecular formula is C10H15N3. The van der Waals surface area contributed by atoms with E-state index in [1.807, 2.05) is 30.9 Å². The van der Waals surface area contributed by atoms with E-state index in [2.05, 4.69) is 16.9 Å². The first kappa shape index (κ1) is 9.82. The quantitative estimate of drug-likeness (QED) is 0.698. The molecule has 1 aromatic heterocycles. The maximum Gasteiger partial charge on any atom is 0.0569 e. The van der Waals surface area contributed by atoms with Crippen LogP contribution in [0.4, 0.5) is 0 Å². The van der Waals surface area contributed by atoms with Gasteiger partial charge in [-0.3, -0.25) is 4.68 Å². The standard InChI is InChI=1S/C10H15N3/c1-3-4-5-10(11)8-13-7-9(2)6-12-13/h6-7,10H,5,8,11H2,1-2H3. The summed E-state index contributed by atoms with van der Waals surface area (Å²) in [4.78, 5) is 0. The van der Waals surface area contributed by atoms with E-state index in [0.29, 0.717) is 0 Å². The van der Waals surface area contributed by atoms with E-state index >= 15 is 0 Å². The number of nitrogens with two attached hydrogens (primary N) is 1. The number of aromatic nitrogens is 2. The van der Waals surface area contributed by atoms with Crippen molar-refractivity contribution < 1.29 is 0 Å². The normalized spacial score (nSPS) is 11.9. The Morgan fingerprint density at radius 2 is 2.46 bits per heavy atom. The summed E-state index contributed by atoms with van der Waals surface area (Å²) in [6.07, 6.45) is 4.55. The highest BCUT2D eigenvalue weighted by molar-refractivity contribution is 5.01. The van der Waals surface area contributed by atoms with Gasteiger partial charge in [0.25, 0.3) is 0 Å². The SMILES string of the molecule is CC#CCC(N)Cn1cc(C)cn1. The van der Waals surface area contributed by atoms with E-state index in [1.54, 1.807) is 0 Å². The van der Waals surface area contributed by atoms with Crippen molar-refractivity contribution in [3.05, 3.63) is 18.0 Å². The predicted octanol–water partition coefficient (Wildman–Crippen LogP) is 0.932. The molecule has 0 bridgehead atoms. The van der Waals surface area contributed by atoms with Gasteiger partial charge in [-0.2, -0.15) is 5.10 Å². The van der Waals surface area contributed by atoms with Gasteiger partial charge in [0.1, 0.15) is 0 Å². The van der Waals surface area contributed by atoms with Crippen LogP contribution in [0.25, 0.3) is 0 Å². The zero-order chi connectivity index (χ0) is 9.68. The summed E-state index contributed by atoms with van der Waals surface area (Å²) in [7, 11) is 0. The Balaban J connectivity index is 2.43. The molecule has 0 saturated heterocycles. The highest BCUT2D eigenvalue weighted by atomic mass is 15.3. The fraction of sp³-hybridized carbons (Fsp3) is 0.500. The van der Waals surface area contributed by atoms with E-state index in [0.717, 1.165) is 18.5 Å². The first-order valence-electron chi connectivity index (χ1n) is 4.36. The lowest BCUT2D eigenvalue weighted by Gasteiger charge is -2.07. The third-order valence-corrected chi connectivity index (χ3v) is 1.72. The summed E-state index contributed by atoms with van der Waals surface area (Å²) in [5.74, 6) is 5.79. The molecule has 1 rings (SSSR count). The number of nitrogens with zero attached hydrogens (tertiary/aromatic N) is 2. The highest BCUT2D eigenvalue weighted by Crippen LogP contribution is 1.97. The first-order valence-corrected chi connectivity index (χ1v) is 4.36. The van der Waals surface area contributed by atoms with Gasteiger partial charge in [0.05, 0.1) is 12.7 Å². The Labute approximate surface area is 78.9 Å². The number of aryl methyl sites for hydroxylation is 1. The lowest BCUT2D eigenvalue weighted by molar-refractivity contribution is 0.518. The molecule has 70 valence electrons. The molecular weight excluding hydrogens is 162 g/mol. The van der Waals surface area contributed by atoms with Crippen LogP contribution < -0.4 is 5.73 Å². The molecule has 0 spiro atoms. The fourth-order valence-electron chi connectivity index (χ4n) is 1.10. The van der Waals surface area contributed by atoms with Crippen molar-refractivity contribution in [2.75, 3.05) is 0 Å². The second kappa shape index (κ2) is 4.68. The molecule has 1 unspecified atom stereocenters. The Morgan fingerprint density at radius 3 is 3.00 bits per heavy atom. The molecule has 0 saturated carbocycles. The summed E-state index contributed by atoms with van der Waals surface area (Å²) in [6, 6.07) is 0.0757. The minimum atomic E-state index is 0.0757. The fourth-order valence-corrected chi connectivity index (χ4v) is 1.10. The van der Waals surface area contributed by atoms with Gasteiger partial charge >= 0.3 is 0 Å². The van der Waals surface area contributed by atoms with Crippen LogP contribution in [0, 0.1) is 18.8 Å². The summed E-state index contributed by atoms with van der Waals surface area (Å²) in [6.45, 7) is 4.58.